The molecule has 0 aromatic rings. The van der Waals surface area contributed by atoms with E-state index in [9.17, 15) is 0 Å². The van der Waals surface area contributed by atoms with Crippen LogP contribution in [-0.2, 0) is 0 Å². The van der Waals surface area contributed by atoms with Crippen LogP contribution in [0.15, 0.2) is 12.7 Å². The van der Waals surface area contributed by atoms with Crippen LogP contribution in [-0.4, -0.2) is 12.6 Å². The van der Waals surface area contributed by atoms with E-state index in [4.69, 9.17) is 0 Å². The molecule has 0 aromatic heterocycles. The Labute approximate surface area is 51.8 Å². The lowest BCUT2D eigenvalue weighted by Crippen LogP contribution is -2.24. The minimum Gasteiger partial charge on any atom is -0.314 e. The van der Waals surface area contributed by atoms with E-state index >= 15 is 0 Å². The Morgan fingerprint density at radius 2 is 2.38 bits per heavy atom. The van der Waals surface area contributed by atoms with E-state index in [0.717, 1.165) is 13.0 Å². The van der Waals surface area contributed by atoms with Crippen LogP contribution < -0.4 is 5.32 Å². The fourth-order valence-corrected chi connectivity index (χ4v) is 0.682. The minimum absolute atomic E-state index is 0.595. The Kier molecular flexibility index (Phi) is 4.67. The van der Waals surface area contributed by atoms with Crippen molar-refractivity contribution in [3.63, 3.8) is 0 Å². The summed E-state index contributed by atoms with van der Waals surface area (Å²) in [5, 5.41) is 3.28. The molecule has 0 aromatic carbocycles. The zero-order chi connectivity index (χ0) is 6.41. The molecule has 1 heteroatoms. The highest BCUT2D eigenvalue weighted by Crippen LogP contribution is 1.88. The van der Waals surface area contributed by atoms with Crippen LogP contribution in [0.1, 0.15) is 20.3 Å². The molecule has 1 atom stereocenters. The van der Waals surface area contributed by atoms with Crippen molar-refractivity contribution in [3.8, 4) is 0 Å². The van der Waals surface area contributed by atoms with Crippen molar-refractivity contribution in [2.24, 2.45) is 0 Å². The molecule has 0 unspecified atom stereocenters. The summed E-state index contributed by atoms with van der Waals surface area (Å²) in [5.74, 6) is 0. The Bertz CT molecular complexity index is 59.4. The van der Waals surface area contributed by atoms with Crippen molar-refractivity contribution in [2.45, 2.75) is 26.3 Å². The summed E-state index contributed by atoms with van der Waals surface area (Å²) < 4.78 is 0. The molecule has 0 spiro atoms. The van der Waals surface area contributed by atoms with Gasteiger partial charge in [0.25, 0.3) is 0 Å². The summed E-state index contributed by atoms with van der Waals surface area (Å²) in [5.41, 5.74) is 0. The summed E-state index contributed by atoms with van der Waals surface area (Å²) in [7, 11) is 0. The highest BCUT2D eigenvalue weighted by atomic mass is 14.9. The first kappa shape index (κ1) is 7.70. The molecule has 1 nitrogen and oxygen atoms in total. The summed E-state index contributed by atoms with van der Waals surface area (Å²) in [6, 6.07) is 0.595. The Morgan fingerprint density at radius 1 is 1.75 bits per heavy atom. The second-order valence-electron chi connectivity index (χ2n) is 1.98. The summed E-state index contributed by atoms with van der Waals surface area (Å²) in [4.78, 5) is 0. The number of hydrogen-bond acceptors (Lipinski definition) is 1. The van der Waals surface area contributed by atoms with Gasteiger partial charge in [0.15, 0.2) is 0 Å². The molecular formula is C7H15N. The maximum Gasteiger partial charge on any atom is 0.00730 e. The van der Waals surface area contributed by atoms with Gasteiger partial charge in [0, 0.05) is 6.04 Å². The van der Waals surface area contributed by atoms with Gasteiger partial charge in [-0.3, -0.25) is 0 Å². The van der Waals surface area contributed by atoms with E-state index in [-0.39, 0.29) is 0 Å². The van der Waals surface area contributed by atoms with E-state index < -0.39 is 0 Å². The molecule has 0 rings (SSSR count). The summed E-state index contributed by atoms with van der Waals surface area (Å²) >= 11 is 0. The SMILES string of the molecule is C=CC[C@@H](C)NCC. The standard InChI is InChI=1S/C7H15N/c1-4-6-7(3)8-5-2/h4,7-8H,1,5-6H2,2-3H3/t7-/m1/s1. The first-order valence-electron chi connectivity index (χ1n) is 3.15. The lowest BCUT2D eigenvalue weighted by molar-refractivity contribution is 0.574. The molecule has 0 aliphatic carbocycles. The van der Waals surface area contributed by atoms with Crippen LogP contribution in [0, 0.1) is 0 Å². The molecule has 0 saturated carbocycles. The van der Waals surface area contributed by atoms with Crippen molar-refractivity contribution in [3.05, 3.63) is 12.7 Å². The summed E-state index contributed by atoms with van der Waals surface area (Å²) in [6.45, 7) is 8.96. The van der Waals surface area contributed by atoms with Gasteiger partial charge in [-0.25, -0.2) is 0 Å². The van der Waals surface area contributed by atoms with Crippen LogP contribution in [0.4, 0.5) is 0 Å². The van der Waals surface area contributed by atoms with Gasteiger partial charge in [0.2, 0.25) is 0 Å². The van der Waals surface area contributed by atoms with Gasteiger partial charge in [-0.05, 0) is 19.9 Å². The van der Waals surface area contributed by atoms with E-state index in [0.29, 0.717) is 6.04 Å². The maximum absolute atomic E-state index is 3.64. The summed E-state index contributed by atoms with van der Waals surface area (Å²) in [6.07, 6.45) is 3.00. The topological polar surface area (TPSA) is 12.0 Å². The monoisotopic (exact) mass is 113 g/mol. The average Bonchev–Trinajstić information content (AvgIpc) is 1.68. The molecule has 0 bridgehead atoms. The van der Waals surface area contributed by atoms with Crippen molar-refractivity contribution >= 4 is 0 Å². The molecule has 0 aliphatic heterocycles. The second-order valence-corrected chi connectivity index (χ2v) is 1.98. The zero-order valence-electron chi connectivity index (χ0n) is 5.78. The van der Waals surface area contributed by atoms with Crippen LogP contribution in [0.25, 0.3) is 0 Å². The van der Waals surface area contributed by atoms with E-state index in [2.05, 4.69) is 25.7 Å². The Balaban J connectivity index is 3.03. The molecule has 0 fully saturated rings. The maximum atomic E-state index is 3.64. The van der Waals surface area contributed by atoms with Gasteiger partial charge in [0.05, 0.1) is 0 Å². The molecule has 48 valence electrons. The first-order valence-corrected chi connectivity index (χ1v) is 3.15. The molecule has 0 aliphatic rings. The fourth-order valence-electron chi connectivity index (χ4n) is 0.682. The van der Waals surface area contributed by atoms with Gasteiger partial charge < -0.3 is 5.32 Å². The predicted molar refractivity (Wildman–Crippen MR) is 38.0 cm³/mol. The van der Waals surface area contributed by atoms with Gasteiger partial charge >= 0.3 is 0 Å². The van der Waals surface area contributed by atoms with Gasteiger partial charge in [-0.15, -0.1) is 6.58 Å². The van der Waals surface area contributed by atoms with E-state index in [1.807, 2.05) is 6.08 Å². The molecule has 0 amide bonds. The van der Waals surface area contributed by atoms with E-state index in [1.165, 1.54) is 0 Å². The largest absolute Gasteiger partial charge is 0.314 e. The van der Waals surface area contributed by atoms with Crippen LogP contribution in [0.3, 0.4) is 0 Å². The van der Waals surface area contributed by atoms with Crippen LogP contribution in [0.5, 0.6) is 0 Å². The Morgan fingerprint density at radius 3 is 2.75 bits per heavy atom. The third-order valence-corrected chi connectivity index (χ3v) is 1.07. The minimum atomic E-state index is 0.595. The molecule has 0 saturated heterocycles. The van der Waals surface area contributed by atoms with Crippen LogP contribution >= 0.6 is 0 Å². The first-order chi connectivity index (χ1) is 3.81. The number of rotatable bonds is 4. The molecule has 8 heavy (non-hydrogen) atoms. The quantitative estimate of drug-likeness (QED) is 0.545. The number of hydrogen-bond donors (Lipinski definition) is 1. The third-order valence-electron chi connectivity index (χ3n) is 1.07. The van der Waals surface area contributed by atoms with Crippen molar-refractivity contribution in [1.82, 2.24) is 5.32 Å². The molecule has 1 N–H and O–H groups in total. The predicted octanol–water partition coefficient (Wildman–Crippen LogP) is 1.56. The molecule has 0 heterocycles. The highest BCUT2D eigenvalue weighted by molar-refractivity contribution is 4.73. The average molecular weight is 113 g/mol. The third kappa shape index (κ3) is 3.88. The smallest absolute Gasteiger partial charge is 0.00730 e. The van der Waals surface area contributed by atoms with E-state index in [1.54, 1.807) is 0 Å². The van der Waals surface area contributed by atoms with Crippen molar-refractivity contribution in [1.29, 1.82) is 0 Å². The number of nitrogens with one attached hydrogen (secondary N) is 1. The van der Waals surface area contributed by atoms with Crippen molar-refractivity contribution in [2.75, 3.05) is 6.54 Å². The van der Waals surface area contributed by atoms with Gasteiger partial charge in [0.1, 0.15) is 0 Å². The van der Waals surface area contributed by atoms with Crippen molar-refractivity contribution < 1.29 is 0 Å². The highest BCUT2D eigenvalue weighted by Gasteiger charge is 1.91. The molecular weight excluding hydrogens is 98.1 g/mol. The molecule has 0 radical (unpaired) electrons. The second kappa shape index (κ2) is 4.85. The normalized spacial score (nSPS) is 13.2. The van der Waals surface area contributed by atoms with Gasteiger partial charge in [-0.2, -0.15) is 0 Å². The fraction of sp³-hybridized carbons (Fsp3) is 0.714. The van der Waals surface area contributed by atoms with Gasteiger partial charge in [-0.1, -0.05) is 13.0 Å². The zero-order valence-corrected chi connectivity index (χ0v) is 5.78. The lowest BCUT2D eigenvalue weighted by Gasteiger charge is -2.07. The van der Waals surface area contributed by atoms with Crippen LogP contribution in [0.2, 0.25) is 0 Å². The Hall–Kier alpha value is -0.300. The lowest BCUT2D eigenvalue weighted by atomic mass is 10.2.